The molecule has 3 N–H and O–H groups in total. The van der Waals surface area contributed by atoms with Gasteiger partial charge < -0.3 is 15.7 Å². The molecule has 2 fully saturated rings. The van der Waals surface area contributed by atoms with Crippen LogP contribution in [0.1, 0.15) is 12.8 Å². The lowest BCUT2D eigenvalue weighted by Crippen LogP contribution is -2.68. The summed E-state index contributed by atoms with van der Waals surface area (Å²) in [5, 5.41) is 15.5. The molecule has 0 aliphatic carbocycles. The van der Waals surface area contributed by atoms with Crippen LogP contribution >= 0.6 is 12.4 Å². The van der Waals surface area contributed by atoms with E-state index in [-0.39, 0.29) is 24.4 Å². The molecule has 0 bridgehead atoms. The Morgan fingerprint density at radius 3 is 2.50 bits per heavy atom. The number of hydrogen-bond donors (Lipinski definition) is 3. The van der Waals surface area contributed by atoms with Crippen molar-refractivity contribution in [1.29, 1.82) is 0 Å². The van der Waals surface area contributed by atoms with Crippen LogP contribution in [0.3, 0.4) is 0 Å². The predicted molar refractivity (Wildman–Crippen MR) is 46.2 cm³/mol. The number of carbonyl (C=O) groups is 1. The minimum absolute atomic E-state index is 0. The molecular weight excluding hydrogens is 180 g/mol. The highest BCUT2D eigenvalue weighted by molar-refractivity contribution is 5.85. The highest BCUT2D eigenvalue weighted by Gasteiger charge is 2.45. The maximum atomic E-state index is 10.8. The molecule has 1 unspecified atom stereocenters. The SMILES string of the molecule is Cl.O=C1CCC(C2(O)CNC2)N1. The van der Waals surface area contributed by atoms with Gasteiger partial charge >= 0.3 is 0 Å². The van der Waals surface area contributed by atoms with E-state index in [2.05, 4.69) is 10.6 Å². The Morgan fingerprint density at radius 2 is 2.17 bits per heavy atom. The first-order chi connectivity index (χ1) is 5.21. The molecule has 70 valence electrons. The topological polar surface area (TPSA) is 61.4 Å². The zero-order valence-corrected chi connectivity index (χ0v) is 7.49. The summed E-state index contributed by atoms with van der Waals surface area (Å²) < 4.78 is 0. The van der Waals surface area contributed by atoms with Crippen molar-refractivity contribution in [2.45, 2.75) is 24.5 Å². The number of hydrogen-bond acceptors (Lipinski definition) is 3. The first kappa shape index (κ1) is 9.77. The summed E-state index contributed by atoms with van der Waals surface area (Å²) in [6.45, 7) is 1.22. The molecular formula is C7H13ClN2O2. The van der Waals surface area contributed by atoms with Crippen molar-refractivity contribution < 1.29 is 9.90 Å². The van der Waals surface area contributed by atoms with E-state index in [0.29, 0.717) is 19.5 Å². The van der Waals surface area contributed by atoms with Crippen molar-refractivity contribution in [3.8, 4) is 0 Å². The van der Waals surface area contributed by atoms with Gasteiger partial charge in [0, 0.05) is 19.5 Å². The number of β-amino-alcohol motifs (C(OH)–C–C–N with tert-alkyl or cyclic N) is 1. The quantitative estimate of drug-likeness (QED) is 0.501. The van der Waals surface area contributed by atoms with Gasteiger partial charge in [0.1, 0.15) is 5.60 Å². The second-order valence-electron chi connectivity index (χ2n) is 3.37. The van der Waals surface area contributed by atoms with Gasteiger partial charge in [0.05, 0.1) is 6.04 Å². The Balaban J connectivity index is 0.000000720. The number of nitrogens with one attached hydrogen (secondary N) is 2. The summed E-state index contributed by atoms with van der Waals surface area (Å²) in [4.78, 5) is 10.8. The summed E-state index contributed by atoms with van der Waals surface area (Å²) in [6, 6.07) is -0.0174. The first-order valence-corrected chi connectivity index (χ1v) is 3.93. The summed E-state index contributed by atoms with van der Waals surface area (Å²) in [5.41, 5.74) is -0.661. The number of halogens is 1. The fourth-order valence-electron chi connectivity index (χ4n) is 1.64. The maximum absolute atomic E-state index is 10.8. The Labute approximate surface area is 77.1 Å². The zero-order chi connectivity index (χ0) is 7.90. The highest BCUT2D eigenvalue weighted by Crippen LogP contribution is 2.23. The van der Waals surface area contributed by atoms with Crippen LogP contribution in [0.15, 0.2) is 0 Å². The number of carbonyl (C=O) groups excluding carboxylic acids is 1. The molecule has 5 heteroatoms. The van der Waals surface area contributed by atoms with E-state index in [9.17, 15) is 9.90 Å². The summed E-state index contributed by atoms with van der Waals surface area (Å²) in [6.07, 6.45) is 1.34. The van der Waals surface area contributed by atoms with E-state index in [1.165, 1.54) is 0 Å². The van der Waals surface area contributed by atoms with Gasteiger partial charge in [-0.15, -0.1) is 12.4 Å². The molecule has 0 spiro atoms. The Morgan fingerprint density at radius 1 is 1.50 bits per heavy atom. The molecule has 2 rings (SSSR count). The van der Waals surface area contributed by atoms with Gasteiger partial charge in [-0.05, 0) is 6.42 Å². The van der Waals surface area contributed by atoms with E-state index >= 15 is 0 Å². The average Bonchev–Trinajstić information content (AvgIpc) is 2.31. The van der Waals surface area contributed by atoms with Crippen molar-refractivity contribution in [2.24, 2.45) is 0 Å². The zero-order valence-electron chi connectivity index (χ0n) is 6.67. The van der Waals surface area contributed by atoms with Gasteiger partial charge in [0.25, 0.3) is 0 Å². The van der Waals surface area contributed by atoms with Crippen LogP contribution in [-0.2, 0) is 4.79 Å². The van der Waals surface area contributed by atoms with Crippen LogP contribution in [-0.4, -0.2) is 35.7 Å². The normalized spacial score (nSPS) is 31.8. The molecule has 1 amide bonds. The lowest BCUT2D eigenvalue weighted by atomic mass is 9.87. The predicted octanol–water partition coefficient (Wildman–Crippen LogP) is -0.979. The minimum atomic E-state index is -0.661. The van der Waals surface area contributed by atoms with Crippen LogP contribution in [0.5, 0.6) is 0 Å². The summed E-state index contributed by atoms with van der Waals surface area (Å²) >= 11 is 0. The van der Waals surface area contributed by atoms with Crippen LogP contribution in [0, 0.1) is 0 Å². The van der Waals surface area contributed by atoms with Gasteiger partial charge in [-0.25, -0.2) is 0 Å². The Hall–Kier alpha value is -0.320. The minimum Gasteiger partial charge on any atom is -0.385 e. The number of amides is 1. The van der Waals surface area contributed by atoms with Crippen molar-refractivity contribution in [1.82, 2.24) is 10.6 Å². The third-order valence-electron chi connectivity index (χ3n) is 2.51. The molecule has 4 nitrogen and oxygen atoms in total. The van der Waals surface area contributed by atoms with Crippen LogP contribution in [0.25, 0.3) is 0 Å². The maximum Gasteiger partial charge on any atom is 0.220 e. The Kier molecular flexibility index (Phi) is 2.61. The molecule has 2 aliphatic heterocycles. The van der Waals surface area contributed by atoms with Crippen LogP contribution in [0.4, 0.5) is 0 Å². The van der Waals surface area contributed by atoms with E-state index < -0.39 is 5.60 Å². The molecule has 0 saturated carbocycles. The molecule has 2 aliphatic rings. The third-order valence-corrected chi connectivity index (χ3v) is 2.51. The molecule has 0 radical (unpaired) electrons. The van der Waals surface area contributed by atoms with Gasteiger partial charge in [0.15, 0.2) is 0 Å². The first-order valence-electron chi connectivity index (χ1n) is 3.93. The second kappa shape index (κ2) is 3.20. The molecule has 0 aromatic heterocycles. The third kappa shape index (κ3) is 1.42. The monoisotopic (exact) mass is 192 g/mol. The van der Waals surface area contributed by atoms with E-state index in [4.69, 9.17) is 0 Å². The van der Waals surface area contributed by atoms with Gasteiger partial charge in [-0.3, -0.25) is 4.79 Å². The van der Waals surface area contributed by atoms with E-state index in [0.717, 1.165) is 6.42 Å². The summed E-state index contributed by atoms with van der Waals surface area (Å²) in [5.74, 6) is 0.0651. The molecule has 1 atom stereocenters. The van der Waals surface area contributed by atoms with Gasteiger partial charge in [0.2, 0.25) is 5.91 Å². The van der Waals surface area contributed by atoms with Gasteiger partial charge in [-0.2, -0.15) is 0 Å². The lowest BCUT2D eigenvalue weighted by Gasteiger charge is -2.42. The number of rotatable bonds is 1. The average molecular weight is 193 g/mol. The fourth-order valence-corrected chi connectivity index (χ4v) is 1.64. The van der Waals surface area contributed by atoms with Crippen molar-refractivity contribution in [3.63, 3.8) is 0 Å². The molecule has 0 aromatic rings. The highest BCUT2D eigenvalue weighted by atomic mass is 35.5. The molecule has 2 saturated heterocycles. The largest absolute Gasteiger partial charge is 0.385 e. The molecule has 0 aromatic carbocycles. The molecule has 12 heavy (non-hydrogen) atoms. The van der Waals surface area contributed by atoms with E-state index in [1.807, 2.05) is 0 Å². The van der Waals surface area contributed by atoms with Crippen molar-refractivity contribution in [2.75, 3.05) is 13.1 Å². The Bertz CT molecular complexity index is 194. The summed E-state index contributed by atoms with van der Waals surface area (Å²) in [7, 11) is 0. The molecule has 2 heterocycles. The van der Waals surface area contributed by atoms with Crippen molar-refractivity contribution >= 4 is 18.3 Å². The van der Waals surface area contributed by atoms with E-state index in [1.54, 1.807) is 0 Å². The van der Waals surface area contributed by atoms with Gasteiger partial charge in [-0.1, -0.05) is 0 Å². The van der Waals surface area contributed by atoms with Crippen LogP contribution < -0.4 is 10.6 Å². The smallest absolute Gasteiger partial charge is 0.220 e. The fraction of sp³-hybridized carbons (Fsp3) is 0.857. The van der Waals surface area contributed by atoms with Crippen LogP contribution in [0.2, 0.25) is 0 Å². The van der Waals surface area contributed by atoms with Crippen molar-refractivity contribution in [3.05, 3.63) is 0 Å². The second-order valence-corrected chi connectivity index (χ2v) is 3.37. The standard InChI is InChI=1S/C7H12N2O2.ClH/c10-6-2-1-5(9-6)7(11)3-8-4-7;/h5,8,11H,1-4H2,(H,9,10);1H. The lowest BCUT2D eigenvalue weighted by molar-refractivity contribution is -0.120. The number of aliphatic hydroxyl groups is 1.